The maximum Gasteiger partial charge on any atom is 0.417 e. The van der Waals surface area contributed by atoms with Gasteiger partial charge in [0.15, 0.2) is 17.3 Å². The standard InChI is InChI=1S/C22H18ClF3N4O3/c23-19-15(11-28-30(21(19)31)18-6-4-14(10-27-18)22(24,25)26)29-20(12-1-2-12)13-3-5-16-17(9-13)33-8-7-32-16/h3-6,9-12,20,29H,1-2,7-8H2. The smallest absolute Gasteiger partial charge is 0.417 e. The van der Waals surface area contributed by atoms with Gasteiger partial charge in [-0.15, -0.1) is 0 Å². The minimum absolute atomic E-state index is 0.0629. The van der Waals surface area contributed by atoms with Crippen molar-refractivity contribution in [2.75, 3.05) is 18.5 Å². The highest BCUT2D eigenvalue weighted by Crippen LogP contribution is 2.45. The molecule has 0 saturated heterocycles. The number of hydrogen-bond donors (Lipinski definition) is 1. The number of rotatable bonds is 5. The zero-order chi connectivity index (χ0) is 23.2. The Bertz CT molecular complexity index is 1240. The molecule has 7 nitrogen and oxygen atoms in total. The molecule has 11 heteroatoms. The molecule has 3 heterocycles. The lowest BCUT2D eigenvalue weighted by Gasteiger charge is -2.24. The zero-order valence-electron chi connectivity index (χ0n) is 17.1. The molecule has 1 atom stereocenters. The summed E-state index contributed by atoms with van der Waals surface area (Å²) in [6.07, 6.45) is -0.473. The van der Waals surface area contributed by atoms with Crippen molar-refractivity contribution in [3.63, 3.8) is 0 Å². The quantitative estimate of drug-likeness (QED) is 0.576. The average Bonchev–Trinajstić information content (AvgIpc) is 3.65. The van der Waals surface area contributed by atoms with Crippen LogP contribution in [0.25, 0.3) is 5.82 Å². The molecule has 33 heavy (non-hydrogen) atoms. The summed E-state index contributed by atoms with van der Waals surface area (Å²) < 4.78 is 50.4. The molecule has 0 bridgehead atoms. The third-order valence-electron chi connectivity index (χ3n) is 5.54. The Morgan fingerprint density at radius 2 is 1.85 bits per heavy atom. The molecule has 1 saturated carbocycles. The van der Waals surface area contributed by atoms with E-state index in [9.17, 15) is 18.0 Å². The number of halogens is 4. The van der Waals surface area contributed by atoms with Crippen molar-refractivity contribution >= 4 is 17.3 Å². The number of hydrogen-bond acceptors (Lipinski definition) is 6. The van der Waals surface area contributed by atoms with Crippen LogP contribution >= 0.6 is 11.6 Å². The van der Waals surface area contributed by atoms with E-state index in [1.165, 1.54) is 6.20 Å². The van der Waals surface area contributed by atoms with E-state index >= 15 is 0 Å². The Labute approximate surface area is 191 Å². The summed E-state index contributed by atoms with van der Waals surface area (Å²) in [5.41, 5.74) is -0.316. The van der Waals surface area contributed by atoms with E-state index in [2.05, 4.69) is 15.4 Å². The molecule has 0 spiro atoms. The highest BCUT2D eigenvalue weighted by molar-refractivity contribution is 6.33. The number of nitrogens with one attached hydrogen (secondary N) is 1. The topological polar surface area (TPSA) is 78.3 Å². The molecular weight excluding hydrogens is 461 g/mol. The Balaban J connectivity index is 1.43. The third kappa shape index (κ3) is 4.35. The average molecular weight is 479 g/mol. The lowest BCUT2D eigenvalue weighted by Crippen LogP contribution is -2.25. The van der Waals surface area contributed by atoms with E-state index in [-0.39, 0.29) is 16.9 Å². The van der Waals surface area contributed by atoms with Crippen molar-refractivity contribution in [3.05, 3.63) is 69.2 Å². The molecule has 3 aromatic rings. The largest absolute Gasteiger partial charge is 0.486 e. The van der Waals surface area contributed by atoms with Crippen LogP contribution in [-0.4, -0.2) is 28.0 Å². The van der Waals surface area contributed by atoms with Crippen LogP contribution in [0.2, 0.25) is 5.02 Å². The molecule has 172 valence electrons. The molecule has 1 N–H and O–H groups in total. The number of benzene rings is 1. The van der Waals surface area contributed by atoms with Crippen LogP contribution < -0.4 is 20.3 Å². The summed E-state index contributed by atoms with van der Waals surface area (Å²) >= 11 is 6.34. The lowest BCUT2D eigenvalue weighted by molar-refractivity contribution is -0.137. The summed E-state index contributed by atoms with van der Waals surface area (Å²) in [6.45, 7) is 0.978. The third-order valence-corrected chi connectivity index (χ3v) is 5.91. The van der Waals surface area contributed by atoms with Crippen LogP contribution in [0.3, 0.4) is 0 Å². The second-order valence-electron chi connectivity index (χ2n) is 7.85. The Morgan fingerprint density at radius 1 is 1.09 bits per heavy atom. The second kappa shape index (κ2) is 8.26. The predicted octanol–water partition coefficient (Wildman–Crippen LogP) is 4.63. The van der Waals surface area contributed by atoms with Gasteiger partial charge in [0.05, 0.1) is 23.5 Å². The number of nitrogens with zero attached hydrogens (tertiary/aromatic N) is 3. The highest BCUT2D eigenvalue weighted by atomic mass is 35.5. The van der Waals surface area contributed by atoms with Crippen LogP contribution in [-0.2, 0) is 6.18 Å². The SMILES string of the molecule is O=c1c(Cl)c(NC(c2ccc3c(c2)OCCO3)C2CC2)cnn1-c1ccc(C(F)(F)F)cn1. The first-order valence-electron chi connectivity index (χ1n) is 10.3. The normalized spacial score (nSPS) is 16.4. The lowest BCUT2D eigenvalue weighted by atomic mass is 10.0. The molecule has 1 unspecified atom stereocenters. The Morgan fingerprint density at radius 3 is 2.52 bits per heavy atom. The predicted molar refractivity (Wildman–Crippen MR) is 114 cm³/mol. The summed E-state index contributed by atoms with van der Waals surface area (Å²) in [5, 5.41) is 7.24. The Kier molecular flexibility index (Phi) is 5.40. The highest BCUT2D eigenvalue weighted by Gasteiger charge is 2.34. The first kappa shape index (κ1) is 21.6. The number of aromatic nitrogens is 3. The first-order chi connectivity index (χ1) is 15.8. The van der Waals surface area contributed by atoms with Gasteiger partial charge in [0.1, 0.15) is 18.2 Å². The summed E-state index contributed by atoms with van der Waals surface area (Å²) in [4.78, 5) is 16.5. The van der Waals surface area contributed by atoms with E-state index in [1.807, 2.05) is 18.2 Å². The summed E-state index contributed by atoms with van der Waals surface area (Å²) in [5.74, 6) is 1.64. The second-order valence-corrected chi connectivity index (χ2v) is 8.23. The maximum absolute atomic E-state index is 12.8. The van der Waals surface area contributed by atoms with Crippen LogP contribution in [0.15, 0.2) is 47.5 Å². The van der Waals surface area contributed by atoms with Gasteiger partial charge < -0.3 is 14.8 Å². The van der Waals surface area contributed by atoms with Crippen LogP contribution in [0.4, 0.5) is 18.9 Å². The van der Waals surface area contributed by atoms with Gasteiger partial charge in [-0.2, -0.15) is 23.0 Å². The van der Waals surface area contributed by atoms with Gasteiger partial charge in [-0.3, -0.25) is 4.79 Å². The number of alkyl halides is 3. The van der Waals surface area contributed by atoms with Crippen LogP contribution in [0.1, 0.15) is 30.0 Å². The fraction of sp³-hybridized carbons (Fsp3) is 0.318. The molecule has 1 aromatic carbocycles. The molecule has 2 aromatic heterocycles. The fourth-order valence-corrected chi connectivity index (χ4v) is 3.88. The Hall–Kier alpha value is -3.27. The maximum atomic E-state index is 12.8. The molecule has 1 aliphatic heterocycles. The molecular formula is C22H18ClF3N4O3. The van der Waals surface area contributed by atoms with Gasteiger partial charge in [-0.05, 0) is 48.6 Å². The van der Waals surface area contributed by atoms with E-state index in [4.69, 9.17) is 21.1 Å². The van der Waals surface area contributed by atoms with Crippen molar-refractivity contribution in [1.82, 2.24) is 14.8 Å². The van der Waals surface area contributed by atoms with Gasteiger partial charge in [0.25, 0.3) is 5.56 Å². The minimum atomic E-state index is -4.53. The monoisotopic (exact) mass is 478 g/mol. The molecule has 0 radical (unpaired) electrons. The zero-order valence-corrected chi connectivity index (χ0v) is 17.9. The van der Waals surface area contributed by atoms with Crippen molar-refractivity contribution in [1.29, 1.82) is 0 Å². The van der Waals surface area contributed by atoms with Gasteiger partial charge >= 0.3 is 6.18 Å². The van der Waals surface area contributed by atoms with Crippen molar-refractivity contribution in [2.45, 2.75) is 25.1 Å². The van der Waals surface area contributed by atoms with Gasteiger partial charge in [-0.25, -0.2) is 4.98 Å². The number of fused-ring (bicyclic) bond motifs is 1. The molecule has 1 aliphatic carbocycles. The molecule has 0 amide bonds. The van der Waals surface area contributed by atoms with E-state index in [1.54, 1.807) is 0 Å². The summed E-state index contributed by atoms with van der Waals surface area (Å²) in [7, 11) is 0. The molecule has 1 fully saturated rings. The van der Waals surface area contributed by atoms with E-state index in [0.717, 1.165) is 35.2 Å². The van der Waals surface area contributed by atoms with E-state index in [0.29, 0.717) is 42.5 Å². The van der Waals surface area contributed by atoms with E-state index < -0.39 is 17.3 Å². The van der Waals surface area contributed by atoms with Crippen molar-refractivity contribution in [2.24, 2.45) is 5.92 Å². The van der Waals surface area contributed by atoms with Crippen molar-refractivity contribution < 1.29 is 22.6 Å². The number of ether oxygens (including phenoxy) is 2. The van der Waals surface area contributed by atoms with Crippen molar-refractivity contribution in [3.8, 4) is 17.3 Å². The van der Waals surface area contributed by atoms with Gasteiger partial charge in [0.2, 0.25) is 0 Å². The molecule has 5 rings (SSSR count). The first-order valence-corrected chi connectivity index (χ1v) is 10.7. The number of anilines is 1. The summed E-state index contributed by atoms with van der Waals surface area (Å²) in [6, 6.07) is 7.50. The minimum Gasteiger partial charge on any atom is -0.486 e. The van der Waals surface area contributed by atoms with Gasteiger partial charge in [0, 0.05) is 6.20 Å². The molecule has 2 aliphatic rings. The number of pyridine rings is 1. The fourth-order valence-electron chi connectivity index (χ4n) is 3.70. The van der Waals surface area contributed by atoms with Crippen LogP contribution in [0, 0.1) is 5.92 Å². The van der Waals surface area contributed by atoms with Gasteiger partial charge in [-0.1, -0.05) is 17.7 Å². The van der Waals surface area contributed by atoms with Crippen LogP contribution in [0.5, 0.6) is 11.5 Å².